The topological polar surface area (TPSA) is 65.2 Å². The van der Waals surface area contributed by atoms with Gasteiger partial charge in [-0.05, 0) is 24.1 Å². The lowest BCUT2D eigenvalue weighted by atomic mass is 9.99. The van der Waals surface area contributed by atoms with Gasteiger partial charge in [0.15, 0.2) is 0 Å². The molecule has 0 fully saturated rings. The second-order valence-corrected chi connectivity index (χ2v) is 8.22. The number of carbonyl (C=O) groups is 2. The van der Waals surface area contributed by atoms with Crippen molar-refractivity contribution in [2.75, 3.05) is 6.54 Å². The van der Waals surface area contributed by atoms with Gasteiger partial charge in [-0.15, -0.1) is 0 Å². The van der Waals surface area contributed by atoms with Crippen molar-refractivity contribution in [2.24, 2.45) is 5.92 Å². The number of rotatable bonds is 4. The molecule has 2 amide bonds. The van der Waals surface area contributed by atoms with Gasteiger partial charge in [0.05, 0.1) is 10.6 Å². The fraction of sp³-hybridized carbons (Fsp3) is 0.304. The maximum absolute atomic E-state index is 13.3. The van der Waals surface area contributed by atoms with E-state index >= 15 is 0 Å². The van der Waals surface area contributed by atoms with Gasteiger partial charge in [-0.3, -0.25) is 9.59 Å². The summed E-state index contributed by atoms with van der Waals surface area (Å²) in [7, 11) is 0. The van der Waals surface area contributed by atoms with Gasteiger partial charge >= 0.3 is 0 Å². The normalized spacial score (nSPS) is 14.7. The minimum absolute atomic E-state index is 0.0432. The number of fused-ring (bicyclic) bond motifs is 3. The molecule has 1 aromatic heterocycles. The predicted octanol–water partition coefficient (Wildman–Crippen LogP) is 4.16. The third-order valence-corrected chi connectivity index (χ3v) is 5.86. The Bertz CT molecular complexity index is 1070. The fourth-order valence-electron chi connectivity index (χ4n) is 3.93. The number of hydrogen-bond acceptors (Lipinski definition) is 2. The summed E-state index contributed by atoms with van der Waals surface area (Å²) >= 11 is 6.15. The van der Waals surface area contributed by atoms with E-state index in [2.05, 4.69) is 22.4 Å². The first kappa shape index (κ1) is 19.5. The molecule has 0 aliphatic carbocycles. The quantitative estimate of drug-likeness (QED) is 0.679. The maximum Gasteiger partial charge on any atom is 0.253 e. The molecular weight excluding hydrogens is 386 g/mol. The summed E-state index contributed by atoms with van der Waals surface area (Å²) in [5.41, 5.74) is 3.83. The molecule has 4 rings (SSSR count). The SMILES string of the molecule is CC(C)C(NC(=O)c1ccccc1Cl)C(=O)N1CCc2[nH]c3ccccc3c2C1. The standard InChI is InChI=1S/C23H24ClN3O2/c1-14(2)21(26-22(28)16-8-3-5-9-18(16)24)23(29)27-12-11-20-17(13-27)15-7-4-6-10-19(15)25-20/h3-10,14,21,25H,11-13H2,1-2H3,(H,26,28). The number of benzene rings is 2. The molecule has 150 valence electrons. The highest BCUT2D eigenvalue weighted by Crippen LogP contribution is 2.28. The number of hydrogen-bond donors (Lipinski definition) is 2. The average Bonchev–Trinajstić information content (AvgIpc) is 3.09. The highest BCUT2D eigenvalue weighted by atomic mass is 35.5. The Morgan fingerprint density at radius 1 is 1.10 bits per heavy atom. The van der Waals surface area contributed by atoms with Crippen LogP contribution in [0, 0.1) is 5.92 Å². The Hall–Kier alpha value is -2.79. The van der Waals surface area contributed by atoms with Crippen LogP contribution in [-0.4, -0.2) is 34.3 Å². The van der Waals surface area contributed by atoms with Crippen LogP contribution in [-0.2, 0) is 17.8 Å². The lowest BCUT2D eigenvalue weighted by molar-refractivity contribution is -0.135. The summed E-state index contributed by atoms with van der Waals surface area (Å²) in [6.45, 7) is 5.06. The van der Waals surface area contributed by atoms with E-state index in [0.717, 1.165) is 17.3 Å². The van der Waals surface area contributed by atoms with E-state index in [0.29, 0.717) is 23.7 Å². The molecule has 6 heteroatoms. The number of amides is 2. The summed E-state index contributed by atoms with van der Waals surface area (Å²) in [4.78, 5) is 31.4. The number of carbonyl (C=O) groups excluding carboxylic acids is 2. The van der Waals surface area contributed by atoms with Crippen molar-refractivity contribution in [1.29, 1.82) is 0 Å². The van der Waals surface area contributed by atoms with Crippen LogP contribution in [0.1, 0.15) is 35.5 Å². The zero-order valence-electron chi connectivity index (χ0n) is 16.5. The summed E-state index contributed by atoms with van der Waals surface area (Å²) in [5, 5.41) is 4.43. The van der Waals surface area contributed by atoms with Gasteiger partial charge in [-0.25, -0.2) is 0 Å². The van der Waals surface area contributed by atoms with E-state index < -0.39 is 6.04 Å². The van der Waals surface area contributed by atoms with Gasteiger partial charge in [0.2, 0.25) is 5.91 Å². The van der Waals surface area contributed by atoms with Crippen molar-refractivity contribution >= 4 is 34.3 Å². The second kappa shape index (κ2) is 7.91. The number of H-pyrrole nitrogens is 1. The van der Waals surface area contributed by atoms with Crippen LogP contribution in [0.15, 0.2) is 48.5 Å². The Kier molecular flexibility index (Phi) is 5.33. The van der Waals surface area contributed by atoms with E-state index in [1.165, 1.54) is 11.3 Å². The molecule has 1 aliphatic rings. The van der Waals surface area contributed by atoms with Crippen LogP contribution < -0.4 is 5.32 Å². The van der Waals surface area contributed by atoms with Gasteiger partial charge in [0.25, 0.3) is 5.91 Å². The number of nitrogens with one attached hydrogen (secondary N) is 2. The average molecular weight is 410 g/mol. The van der Waals surface area contributed by atoms with Crippen molar-refractivity contribution in [1.82, 2.24) is 15.2 Å². The molecule has 2 heterocycles. The molecule has 0 radical (unpaired) electrons. The molecule has 1 atom stereocenters. The highest BCUT2D eigenvalue weighted by Gasteiger charge is 2.32. The summed E-state index contributed by atoms with van der Waals surface area (Å²) < 4.78 is 0. The first-order chi connectivity index (χ1) is 14.0. The van der Waals surface area contributed by atoms with Gasteiger partial charge in [-0.1, -0.05) is 55.8 Å². The van der Waals surface area contributed by atoms with Crippen molar-refractivity contribution in [3.05, 3.63) is 70.4 Å². The third kappa shape index (κ3) is 3.75. The molecule has 0 spiro atoms. The lowest BCUT2D eigenvalue weighted by Crippen LogP contribution is -2.52. The number of aromatic amines is 1. The molecule has 2 aromatic carbocycles. The third-order valence-electron chi connectivity index (χ3n) is 5.53. The zero-order chi connectivity index (χ0) is 20.5. The van der Waals surface area contributed by atoms with Crippen LogP contribution >= 0.6 is 11.6 Å². The second-order valence-electron chi connectivity index (χ2n) is 7.81. The van der Waals surface area contributed by atoms with Crippen LogP contribution in [0.2, 0.25) is 5.02 Å². The molecule has 5 nitrogen and oxygen atoms in total. The molecule has 1 aliphatic heterocycles. The number of para-hydroxylation sites is 1. The van der Waals surface area contributed by atoms with E-state index in [9.17, 15) is 9.59 Å². The summed E-state index contributed by atoms with van der Waals surface area (Å²) in [6, 6.07) is 14.4. The summed E-state index contributed by atoms with van der Waals surface area (Å²) in [6.07, 6.45) is 0.777. The smallest absolute Gasteiger partial charge is 0.253 e. The molecule has 0 bridgehead atoms. The van der Waals surface area contributed by atoms with Crippen LogP contribution in [0.3, 0.4) is 0 Å². The number of aromatic nitrogens is 1. The van der Waals surface area contributed by atoms with Crippen LogP contribution in [0.4, 0.5) is 0 Å². The lowest BCUT2D eigenvalue weighted by Gasteiger charge is -2.32. The highest BCUT2D eigenvalue weighted by molar-refractivity contribution is 6.33. The number of halogens is 1. The molecule has 0 saturated carbocycles. The van der Waals surface area contributed by atoms with E-state index in [1.807, 2.05) is 30.9 Å². The Labute approximate surface area is 175 Å². The molecular formula is C23H24ClN3O2. The molecule has 29 heavy (non-hydrogen) atoms. The first-order valence-corrected chi connectivity index (χ1v) is 10.3. The Balaban J connectivity index is 1.55. The van der Waals surface area contributed by atoms with Crippen LogP contribution in [0.5, 0.6) is 0 Å². The Morgan fingerprint density at radius 3 is 2.59 bits per heavy atom. The van der Waals surface area contributed by atoms with E-state index in [4.69, 9.17) is 11.6 Å². The van der Waals surface area contributed by atoms with E-state index in [-0.39, 0.29) is 17.7 Å². The molecule has 2 N–H and O–H groups in total. The first-order valence-electron chi connectivity index (χ1n) is 9.88. The largest absolute Gasteiger partial charge is 0.358 e. The van der Waals surface area contributed by atoms with Crippen molar-refractivity contribution in [2.45, 2.75) is 32.9 Å². The van der Waals surface area contributed by atoms with Gasteiger partial charge in [0.1, 0.15) is 6.04 Å². The van der Waals surface area contributed by atoms with Gasteiger partial charge in [-0.2, -0.15) is 0 Å². The van der Waals surface area contributed by atoms with E-state index in [1.54, 1.807) is 24.3 Å². The van der Waals surface area contributed by atoms with Crippen molar-refractivity contribution < 1.29 is 9.59 Å². The summed E-state index contributed by atoms with van der Waals surface area (Å²) in [5.74, 6) is -0.429. The van der Waals surface area contributed by atoms with Crippen LogP contribution in [0.25, 0.3) is 10.9 Å². The minimum atomic E-state index is -0.606. The van der Waals surface area contributed by atoms with Crippen molar-refractivity contribution in [3.63, 3.8) is 0 Å². The predicted molar refractivity (Wildman–Crippen MR) is 115 cm³/mol. The minimum Gasteiger partial charge on any atom is -0.358 e. The van der Waals surface area contributed by atoms with Gasteiger partial charge < -0.3 is 15.2 Å². The molecule has 0 saturated heterocycles. The van der Waals surface area contributed by atoms with Crippen molar-refractivity contribution in [3.8, 4) is 0 Å². The fourth-order valence-corrected chi connectivity index (χ4v) is 4.15. The Morgan fingerprint density at radius 2 is 1.83 bits per heavy atom. The molecule has 3 aromatic rings. The number of nitrogens with zero attached hydrogens (tertiary/aromatic N) is 1. The zero-order valence-corrected chi connectivity index (χ0v) is 17.3. The molecule has 1 unspecified atom stereocenters. The van der Waals surface area contributed by atoms with Gasteiger partial charge in [0, 0.05) is 41.7 Å². The maximum atomic E-state index is 13.3. The monoisotopic (exact) mass is 409 g/mol.